The van der Waals surface area contributed by atoms with E-state index in [2.05, 4.69) is 0 Å². The quantitative estimate of drug-likeness (QED) is 0.824. The maximum absolute atomic E-state index is 12.2. The predicted molar refractivity (Wildman–Crippen MR) is 56.2 cm³/mol. The van der Waals surface area contributed by atoms with Gasteiger partial charge >= 0.3 is 6.18 Å². The molecule has 16 heavy (non-hydrogen) atoms. The van der Waals surface area contributed by atoms with Crippen LogP contribution in [0, 0.1) is 0 Å². The molecule has 0 fully saturated rings. The van der Waals surface area contributed by atoms with E-state index in [9.17, 15) is 17.6 Å². The van der Waals surface area contributed by atoms with Gasteiger partial charge in [-0.1, -0.05) is 12.1 Å². The number of nitrogens with two attached hydrogens (primary N) is 1. The lowest BCUT2D eigenvalue weighted by molar-refractivity contribution is -0.137. The molecule has 0 aromatic heterocycles. The van der Waals surface area contributed by atoms with Crippen molar-refractivity contribution in [2.24, 2.45) is 5.73 Å². The van der Waals surface area contributed by atoms with E-state index in [1.165, 1.54) is 12.1 Å². The lowest BCUT2D eigenvalue weighted by atomic mass is 10.0. The van der Waals surface area contributed by atoms with E-state index in [1.807, 2.05) is 0 Å². The summed E-state index contributed by atoms with van der Waals surface area (Å²) in [4.78, 5) is 0. The van der Waals surface area contributed by atoms with Gasteiger partial charge in [-0.05, 0) is 24.1 Å². The zero-order valence-electron chi connectivity index (χ0n) is 8.30. The second-order valence-electron chi connectivity index (χ2n) is 3.20. The summed E-state index contributed by atoms with van der Waals surface area (Å²) in [7, 11) is 0. The topological polar surface area (TPSA) is 26.0 Å². The molecule has 92 valence electrons. The monoisotopic (exact) mass is 257 g/mol. The van der Waals surface area contributed by atoms with E-state index >= 15 is 0 Å². The Hall–Kier alpha value is -0.810. The van der Waals surface area contributed by atoms with Gasteiger partial charge in [-0.3, -0.25) is 4.39 Å². The highest BCUT2D eigenvalue weighted by atomic mass is 35.5. The number of hydrogen-bond donors (Lipinski definition) is 1. The van der Waals surface area contributed by atoms with Gasteiger partial charge in [-0.2, -0.15) is 13.2 Å². The summed E-state index contributed by atoms with van der Waals surface area (Å²) < 4.78 is 48.5. The Balaban J connectivity index is 0.00000225. The van der Waals surface area contributed by atoms with Gasteiger partial charge in [0.1, 0.15) is 0 Å². The summed E-state index contributed by atoms with van der Waals surface area (Å²) in [5, 5.41) is 0. The molecular formula is C10H12ClF4N. The van der Waals surface area contributed by atoms with Crippen molar-refractivity contribution < 1.29 is 17.6 Å². The largest absolute Gasteiger partial charge is 0.416 e. The van der Waals surface area contributed by atoms with Crippen LogP contribution < -0.4 is 5.73 Å². The third-order valence-corrected chi connectivity index (χ3v) is 2.09. The molecule has 0 saturated heterocycles. The standard InChI is InChI=1S/C10H11F4N.ClH/c11-6-5-9(15)7-1-3-8(4-2-7)10(12,13)14;/h1-4,9H,5-6,15H2;1H/t9-;/m0./s1. The summed E-state index contributed by atoms with van der Waals surface area (Å²) in [6.45, 7) is -0.581. The lowest BCUT2D eigenvalue weighted by Crippen LogP contribution is -2.12. The summed E-state index contributed by atoms with van der Waals surface area (Å²) in [5.41, 5.74) is 5.33. The molecule has 0 bridgehead atoms. The zero-order valence-corrected chi connectivity index (χ0v) is 9.11. The fourth-order valence-corrected chi connectivity index (χ4v) is 1.20. The van der Waals surface area contributed by atoms with Gasteiger partial charge in [0.15, 0.2) is 0 Å². The Bertz CT molecular complexity index is 310. The first-order chi connectivity index (χ1) is 6.95. The SMILES string of the molecule is Cl.N[C@@H](CCF)c1ccc(C(F)(F)F)cc1. The minimum absolute atomic E-state index is 0. The Labute approximate surface area is 97.0 Å². The van der Waals surface area contributed by atoms with Gasteiger partial charge in [-0.15, -0.1) is 12.4 Å². The fourth-order valence-electron chi connectivity index (χ4n) is 1.20. The molecule has 1 aromatic rings. The molecule has 0 unspecified atom stereocenters. The first-order valence-corrected chi connectivity index (χ1v) is 4.44. The van der Waals surface area contributed by atoms with Crippen molar-refractivity contribution in [3.05, 3.63) is 35.4 Å². The number of alkyl halides is 4. The van der Waals surface area contributed by atoms with Crippen molar-refractivity contribution in [2.75, 3.05) is 6.67 Å². The van der Waals surface area contributed by atoms with Crippen LogP contribution in [-0.4, -0.2) is 6.67 Å². The molecule has 0 amide bonds. The van der Waals surface area contributed by atoms with Crippen LogP contribution in [0.5, 0.6) is 0 Å². The first kappa shape index (κ1) is 15.2. The van der Waals surface area contributed by atoms with E-state index < -0.39 is 24.5 Å². The van der Waals surface area contributed by atoms with Crippen molar-refractivity contribution in [1.29, 1.82) is 0 Å². The molecule has 1 nitrogen and oxygen atoms in total. The molecule has 1 rings (SSSR count). The van der Waals surface area contributed by atoms with Crippen LogP contribution in [0.4, 0.5) is 17.6 Å². The van der Waals surface area contributed by atoms with Crippen molar-refractivity contribution in [3.8, 4) is 0 Å². The van der Waals surface area contributed by atoms with E-state index in [1.54, 1.807) is 0 Å². The molecule has 0 radical (unpaired) electrons. The molecule has 1 atom stereocenters. The maximum atomic E-state index is 12.2. The van der Waals surface area contributed by atoms with Gasteiger partial charge in [0.2, 0.25) is 0 Å². The van der Waals surface area contributed by atoms with Gasteiger partial charge in [0.05, 0.1) is 12.2 Å². The highest BCUT2D eigenvalue weighted by Gasteiger charge is 2.30. The van der Waals surface area contributed by atoms with Gasteiger partial charge in [0, 0.05) is 6.04 Å². The van der Waals surface area contributed by atoms with E-state index in [0.717, 1.165) is 12.1 Å². The Morgan fingerprint density at radius 3 is 2.00 bits per heavy atom. The minimum Gasteiger partial charge on any atom is -0.324 e. The maximum Gasteiger partial charge on any atom is 0.416 e. The minimum atomic E-state index is -4.34. The molecule has 1 aromatic carbocycles. The summed E-state index contributed by atoms with van der Waals surface area (Å²) in [5.74, 6) is 0. The highest BCUT2D eigenvalue weighted by Crippen LogP contribution is 2.29. The molecule has 6 heteroatoms. The van der Waals surface area contributed by atoms with Crippen LogP contribution in [0.1, 0.15) is 23.6 Å². The summed E-state index contributed by atoms with van der Waals surface area (Å²) in [6, 6.07) is 3.92. The first-order valence-electron chi connectivity index (χ1n) is 4.44. The number of hydrogen-bond acceptors (Lipinski definition) is 1. The third kappa shape index (κ3) is 3.98. The smallest absolute Gasteiger partial charge is 0.324 e. The predicted octanol–water partition coefficient (Wildman–Crippen LogP) is 3.49. The number of benzene rings is 1. The average Bonchev–Trinajstić information content (AvgIpc) is 2.17. The van der Waals surface area contributed by atoms with E-state index in [-0.39, 0.29) is 18.8 Å². The highest BCUT2D eigenvalue weighted by molar-refractivity contribution is 5.85. The Morgan fingerprint density at radius 1 is 1.12 bits per heavy atom. The van der Waals surface area contributed by atoms with Gasteiger partial charge in [-0.25, -0.2) is 0 Å². The van der Waals surface area contributed by atoms with Crippen LogP contribution in [0.2, 0.25) is 0 Å². The average molecular weight is 258 g/mol. The zero-order chi connectivity index (χ0) is 11.5. The molecule has 0 aliphatic rings. The molecule has 0 aliphatic heterocycles. The van der Waals surface area contributed by atoms with Crippen LogP contribution in [0.15, 0.2) is 24.3 Å². The van der Waals surface area contributed by atoms with Crippen LogP contribution >= 0.6 is 12.4 Å². The molecule has 0 heterocycles. The Morgan fingerprint density at radius 2 is 1.62 bits per heavy atom. The van der Waals surface area contributed by atoms with Crippen molar-refractivity contribution in [1.82, 2.24) is 0 Å². The van der Waals surface area contributed by atoms with Crippen LogP contribution in [0.3, 0.4) is 0 Å². The lowest BCUT2D eigenvalue weighted by Gasteiger charge is -2.11. The van der Waals surface area contributed by atoms with Crippen LogP contribution in [-0.2, 0) is 6.18 Å². The summed E-state index contributed by atoms with van der Waals surface area (Å²) in [6.07, 6.45) is -4.23. The van der Waals surface area contributed by atoms with E-state index in [4.69, 9.17) is 5.73 Å². The Kier molecular flexibility index (Phi) is 5.75. The second kappa shape index (κ2) is 6.06. The van der Waals surface area contributed by atoms with Crippen molar-refractivity contribution >= 4 is 12.4 Å². The van der Waals surface area contributed by atoms with Crippen molar-refractivity contribution in [3.63, 3.8) is 0 Å². The summed E-state index contributed by atoms with van der Waals surface area (Å²) >= 11 is 0. The second-order valence-corrected chi connectivity index (χ2v) is 3.20. The van der Waals surface area contributed by atoms with Gasteiger partial charge < -0.3 is 5.73 Å². The molecule has 0 saturated carbocycles. The molecule has 2 N–H and O–H groups in total. The molecule has 0 spiro atoms. The number of rotatable bonds is 3. The van der Waals surface area contributed by atoms with Gasteiger partial charge in [0.25, 0.3) is 0 Å². The number of halogens is 5. The third-order valence-electron chi connectivity index (χ3n) is 2.09. The fraction of sp³-hybridized carbons (Fsp3) is 0.400. The van der Waals surface area contributed by atoms with Crippen LogP contribution in [0.25, 0.3) is 0 Å². The van der Waals surface area contributed by atoms with E-state index in [0.29, 0.717) is 5.56 Å². The molecular weight excluding hydrogens is 246 g/mol. The van der Waals surface area contributed by atoms with Crippen molar-refractivity contribution in [2.45, 2.75) is 18.6 Å². The normalized spacial score (nSPS) is 13.1. The molecule has 0 aliphatic carbocycles.